The first-order valence-electron chi connectivity index (χ1n) is 3.93. The van der Waals surface area contributed by atoms with Crippen LogP contribution in [0.4, 0.5) is 0 Å². The van der Waals surface area contributed by atoms with E-state index in [0.717, 1.165) is 0 Å². The minimum atomic E-state index is 0.147. The first kappa shape index (κ1) is 8.28. The summed E-state index contributed by atoms with van der Waals surface area (Å²) >= 11 is 0. The Morgan fingerprint density at radius 3 is 1.91 bits per heavy atom. The van der Waals surface area contributed by atoms with Crippen LogP contribution < -0.4 is 5.73 Å². The molecule has 1 atom stereocenters. The molecule has 1 aromatic rings. The normalized spacial score (nSPS) is 13.1. The van der Waals surface area contributed by atoms with Gasteiger partial charge in [0.25, 0.3) is 0 Å². The summed E-state index contributed by atoms with van der Waals surface area (Å²) in [6, 6.07) is 6.58. The molecule has 0 unspecified atom stereocenters. The Kier molecular flexibility index (Phi) is 2.30. The third-order valence-corrected chi connectivity index (χ3v) is 1.77. The number of hydrogen-bond acceptors (Lipinski definition) is 1. The van der Waals surface area contributed by atoms with Crippen LogP contribution in [0.25, 0.3) is 0 Å². The van der Waals surface area contributed by atoms with Crippen molar-refractivity contribution in [3.8, 4) is 0 Å². The number of nitrogens with two attached hydrogens (primary N) is 1. The van der Waals surface area contributed by atoms with Gasteiger partial charge in [0.1, 0.15) is 0 Å². The molecule has 0 spiro atoms. The molecule has 0 heterocycles. The van der Waals surface area contributed by atoms with Crippen molar-refractivity contribution in [1.29, 1.82) is 0 Å². The highest BCUT2D eigenvalue weighted by atomic mass is 14.6. The Labute approximate surface area is 68.2 Å². The van der Waals surface area contributed by atoms with E-state index < -0.39 is 0 Å². The number of hydrogen-bond donors (Lipinski definition) is 1. The molecule has 60 valence electrons. The Hall–Kier alpha value is -0.820. The lowest BCUT2D eigenvalue weighted by Crippen LogP contribution is -2.05. The molecule has 1 rings (SSSR count). The van der Waals surface area contributed by atoms with Crippen LogP contribution in [0.5, 0.6) is 0 Å². The number of aryl methyl sites for hydroxylation is 2. The lowest BCUT2D eigenvalue weighted by Gasteiger charge is -2.07. The summed E-state index contributed by atoms with van der Waals surface area (Å²) in [5.74, 6) is 0. The van der Waals surface area contributed by atoms with Crippen molar-refractivity contribution < 1.29 is 0 Å². The van der Waals surface area contributed by atoms with E-state index in [9.17, 15) is 0 Å². The average Bonchev–Trinajstić information content (AvgIpc) is 1.85. The van der Waals surface area contributed by atoms with Crippen molar-refractivity contribution in [3.05, 3.63) is 34.9 Å². The molecule has 2 N–H and O–H groups in total. The number of benzene rings is 1. The minimum absolute atomic E-state index is 0.147. The highest BCUT2D eigenvalue weighted by Gasteiger charge is 1.99. The third kappa shape index (κ3) is 2.05. The third-order valence-electron chi connectivity index (χ3n) is 1.77. The molecule has 1 nitrogen and oxygen atoms in total. The Bertz CT molecular complexity index is 231. The zero-order valence-corrected chi connectivity index (χ0v) is 7.39. The van der Waals surface area contributed by atoms with Crippen LogP contribution in [-0.4, -0.2) is 0 Å². The van der Waals surface area contributed by atoms with E-state index in [-0.39, 0.29) is 6.04 Å². The highest BCUT2D eigenvalue weighted by Crippen LogP contribution is 2.13. The first-order chi connectivity index (χ1) is 5.09. The molecule has 0 saturated carbocycles. The monoisotopic (exact) mass is 149 g/mol. The molecule has 1 aromatic carbocycles. The molecule has 0 radical (unpaired) electrons. The van der Waals surface area contributed by atoms with Crippen molar-refractivity contribution in [1.82, 2.24) is 0 Å². The maximum Gasteiger partial charge on any atom is 0.0266 e. The van der Waals surface area contributed by atoms with Gasteiger partial charge in [0, 0.05) is 6.04 Å². The summed E-state index contributed by atoms with van der Waals surface area (Å²) in [7, 11) is 0. The summed E-state index contributed by atoms with van der Waals surface area (Å²) in [6.07, 6.45) is 0. The predicted molar refractivity (Wildman–Crippen MR) is 48.5 cm³/mol. The van der Waals surface area contributed by atoms with Crippen molar-refractivity contribution in [2.75, 3.05) is 0 Å². The van der Waals surface area contributed by atoms with Gasteiger partial charge in [0.15, 0.2) is 0 Å². The van der Waals surface area contributed by atoms with Crippen LogP contribution in [0.2, 0.25) is 0 Å². The topological polar surface area (TPSA) is 26.0 Å². The Balaban J connectivity index is 3.08. The van der Waals surface area contributed by atoms with E-state index in [1.807, 2.05) is 6.92 Å². The lowest BCUT2D eigenvalue weighted by atomic mass is 10.0. The van der Waals surface area contributed by atoms with Crippen molar-refractivity contribution in [2.24, 2.45) is 5.73 Å². The van der Waals surface area contributed by atoms with Crippen LogP contribution >= 0.6 is 0 Å². The maximum atomic E-state index is 5.75. The van der Waals surface area contributed by atoms with Crippen LogP contribution in [0.3, 0.4) is 0 Å². The van der Waals surface area contributed by atoms with Crippen LogP contribution in [0.1, 0.15) is 29.7 Å². The largest absolute Gasteiger partial charge is 0.324 e. The van der Waals surface area contributed by atoms with Gasteiger partial charge in [-0.1, -0.05) is 29.3 Å². The molecular weight excluding hydrogens is 134 g/mol. The SMILES string of the molecule is Cc1cc(C)cc([C@@H](C)N)c1. The molecule has 11 heavy (non-hydrogen) atoms. The van der Waals surface area contributed by atoms with Gasteiger partial charge in [0.2, 0.25) is 0 Å². The van der Waals surface area contributed by atoms with E-state index in [2.05, 4.69) is 32.0 Å². The molecule has 0 fully saturated rings. The van der Waals surface area contributed by atoms with E-state index >= 15 is 0 Å². The number of rotatable bonds is 1. The van der Waals surface area contributed by atoms with E-state index in [1.54, 1.807) is 0 Å². The second-order valence-electron chi connectivity index (χ2n) is 3.21. The molecule has 0 aliphatic heterocycles. The molecule has 0 saturated heterocycles. The van der Waals surface area contributed by atoms with Crippen LogP contribution in [0.15, 0.2) is 18.2 Å². The van der Waals surface area contributed by atoms with Crippen molar-refractivity contribution in [2.45, 2.75) is 26.8 Å². The van der Waals surface area contributed by atoms with Crippen LogP contribution in [0, 0.1) is 13.8 Å². The van der Waals surface area contributed by atoms with Crippen LogP contribution in [-0.2, 0) is 0 Å². The molecule has 0 amide bonds. The lowest BCUT2D eigenvalue weighted by molar-refractivity contribution is 0.815. The van der Waals surface area contributed by atoms with E-state index in [1.165, 1.54) is 16.7 Å². The van der Waals surface area contributed by atoms with Gasteiger partial charge in [0.05, 0.1) is 0 Å². The van der Waals surface area contributed by atoms with E-state index in [0.29, 0.717) is 0 Å². The zero-order chi connectivity index (χ0) is 8.43. The van der Waals surface area contributed by atoms with Gasteiger partial charge < -0.3 is 5.73 Å². The summed E-state index contributed by atoms with van der Waals surface area (Å²) < 4.78 is 0. The van der Waals surface area contributed by atoms with Gasteiger partial charge in [-0.15, -0.1) is 0 Å². The highest BCUT2D eigenvalue weighted by molar-refractivity contribution is 5.30. The second kappa shape index (κ2) is 3.05. The molecule has 0 aliphatic carbocycles. The predicted octanol–water partition coefficient (Wildman–Crippen LogP) is 2.32. The average molecular weight is 149 g/mol. The fourth-order valence-electron chi connectivity index (χ4n) is 1.27. The Morgan fingerprint density at radius 2 is 1.55 bits per heavy atom. The fraction of sp³-hybridized carbons (Fsp3) is 0.400. The summed E-state index contributed by atoms with van der Waals surface area (Å²) in [6.45, 7) is 6.20. The minimum Gasteiger partial charge on any atom is -0.324 e. The maximum absolute atomic E-state index is 5.75. The molecule has 0 aromatic heterocycles. The summed E-state index contributed by atoms with van der Waals surface area (Å²) in [4.78, 5) is 0. The van der Waals surface area contributed by atoms with Gasteiger partial charge in [-0.2, -0.15) is 0 Å². The van der Waals surface area contributed by atoms with Gasteiger partial charge in [-0.3, -0.25) is 0 Å². The summed E-state index contributed by atoms with van der Waals surface area (Å²) in [5, 5.41) is 0. The van der Waals surface area contributed by atoms with Crippen molar-refractivity contribution >= 4 is 0 Å². The smallest absolute Gasteiger partial charge is 0.0266 e. The van der Waals surface area contributed by atoms with Gasteiger partial charge >= 0.3 is 0 Å². The van der Waals surface area contributed by atoms with E-state index in [4.69, 9.17) is 5.73 Å². The zero-order valence-electron chi connectivity index (χ0n) is 7.39. The Morgan fingerprint density at radius 1 is 1.09 bits per heavy atom. The quantitative estimate of drug-likeness (QED) is 0.651. The second-order valence-corrected chi connectivity index (χ2v) is 3.21. The molecule has 0 bridgehead atoms. The standard InChI is InChI=1S/C10H15N/c1-7-4-8(2)6-10(5-7)9(3)11/h4-6,9H,11H2,1-3H3/t9-/m1/s1. The molecule has 1 heteroatoms. The molecule has 0 aliphatic rings. The summed E-state index contributed by atoms with van der Waals surface area (Å²) in [5.41, 5.74) is 9.55. The van der Waals surface area contributed by atoms with Crippen molar-refractivity contribution in [3.63, 3.8) is 0 Å². The molecular formula is C10H15N. The first-order valence-corrected chi connectivity index (χ1v) is 3.93. The van der Waals surface area contributed by atoms with Gasteiger partial charge in [-0.05, 0) is 26.3 Å². The fourth-order valence-corrected chi connectivity index (χ4v) is 1.27. The van der Waals surface area contributed by atoms with Gasteiger partial charge in [-0.25, -0.2) is 0 Å².